The number of ether oxygens (including phenoxy) is 2. The van der Waals surface area contributed by atoms with E-state index in [1.807, 2.05) is 6.07 Å². The first-order valence-corrected chi connectivity index (χ1v) is 9.83. The van der Waals surface area contributed by atoms with Crippen molar-refractivity contribution in [1.82, 2.24) is 0 Å². The molecule has 0 fully saturated rings. The van der Waals surface area contributed by atoms with Crippen molar-refractivity contribution in [2.75, 3.05) is 0 Å². The molecule has 0 saturated carbocycles. The third-order valence-electron chi connectivity index (χ3n) is 5.26. The number of halogens is 3. The van der Waals surface area contributed by atoms with Crippen LogP contribution < -0.4 is 10.4 Å². The van der Waals surface area contributed by atoms with Crippen LogP contribution in [0.4, 0.5) is 13.2 Å². The van der Waals surface area contributed by atoms with E-state index in [0.717, 1.165) is 23.1 Å². The maximum atomic E-state index is 12.7. The zero-order valence-electron chi connectivity index (χ0n) is 17.2. The van der Waals surface area contributed by atoms with Gasteiger partial charge in [0.05, 0.1) is 5.56 Å². The molecule has 3 aromatic rings. The molecule has 5 nitrogen and oxygen atoms in total. The quantitative estimate of drug-likeness (QED) is 0.318. The van der Waals surface area contributed by atoms with Crippen LogP contribution in [0, 0.1) is 0 Å². The van der Waals surface area contributed by atoms with Gasteiger partial charge in [0.25, 0.3) is 0 Å². The molecule has 0 saturated heterocycles. The van der Waals surface area contributed by atoms with Gasteiger partial charge in [-0.25, -0.2) is 9.59 Å². The highest BCUT2D eigenvalue weighted by molar-refractivity contribution is 5.87. The molecule has 1 aromatic heterocycles. The fourth-order valence-corrected chi connectivity index (χ4v) is 3.50. The van der Waals surface area contributed by atoms with Crippen LogP contribution in [0.3, 0.4) is 0 Å². The average molecular weight is 444 g/mol. The van der Waals surface area contributed by atoms with Crippen molar-refractivity contribution < 1.29 is 31.9 Å². The Kier molecular flexibility index (Phi) is 5.32. The zero-order chi connectivity index (χ0) is 23.1. The number of esters is 1. The minimum absolute atomic E-state index is 0.386. The topological polar surface area (TPSA) is 65.7 Å². The fourth-order valence-electron chi connectivity index (χ4n) is 3.50. The van der Waals surface area contributed by atoms with Crippen LogP contribution in [-0.4, -0.2) is 17.7 Å². The molecule has 0 bridgehead atoms. The van der Waals surface area contributed by atoms with Gasteiger partial charge >= 0.3 is 17.8 Å². The SMILES string of the molecule is CC1(C)Oc2cc3oc(=O)ccc3cc2C[C@@H]1OC(=O)/C=C/c1ccc(C(F)(F)F)cc1. The lowest BCUT2D eigenvalue weighted by molar-refractivity contribution is -0.155. The lowest BCUT2D eigenvalue weighted by atomic mass is 9.90. The van der Waals surface area contributed by atoms with Crippen LogP contribution in [0.2, 0.25) is 0 Å². The molecule has 0 radical (unpaired) electrons. The number of carbonyl (C=O) groups excluding carboxylic acids is 1. The number of carbonyl (C=O) groups is 1. The largest absolute Gasteiger partial charge is 0.484 e. The van der Waals surface area contributed by atoms with Gasteiger partial charge in [0.15, 0.2) is 0 Å². The van der Waals surface area contributed by atoms with Gasteiger partial charge in [-0.2, -0.15) is 13.2 Å². The predicted octanol–water partition coefficient (Wildman–Crippen LogP) is 5.15. The zero-order valence-corrected chi connectivity index (χ0v) is 17.2. The Labute approximate surface area is 181 Å². The molecule has 0 aliphatic carbocycles. The minimum Gasteiger partial charge on any atom is -0.484 e. The van der Waals surface area contributed by atoms with E-state index >= 15 is 0 Å². The average Bonchev–Trinajstić information content (AvgIpc) is 2.71. The number of benzene rings is 2. The van der Waals surface area contributed by atoms with E-state index in [-0.39, 0.29) is 0 Å². The summed E-state index contributed by atoms with van der Waals surface area (Å²) in [6.45, 7) is 3.55. The lowest BCUT2D eigenvalue weighted by Gasteiger charge is -2.39. The molecular weight excluding hydrogens is 425 g/mol. The van der Waals surface area contributed by atoms with Gasteiger partial charge in [-0.05, 0) is 55.3 Å². The Morgan fingerprint density at radius 3 is 2.53 bits per heavy atom. The van der Waals surface area contributed by atoms with E-state index in [4.69, 9.17) is 13.9 Å². The monoisotopic (exact) mass is 444 g/mol. The molecule has 32 heavy (non-hydrogen) atoms. The molecule has 1 atom stereocenters. The highest BCUT2D eigenvalue weighted by Crippen LogP contribution is 2.37. The number of alkyl halides is 3. The first-order valence-electron chi connectivity index (χ1n) is 9.83. The lowest BCUT2D eigenvalue weighted by Crippen LogP contribution is -2.48. The minimum atomic E-state index is -4.42. The summed E-state index contributed by atoms with van der Waals surface area (Å²) in [6.07, 6.45) is -2.07. The van der Waals surface area contributed by atoms with E-state index < -0.39 is 35.0 Å². The highest BCUT2D eigenvalue weighted by Gasteiger charge is 2.39. The van der Waals surface area contributed by atoms with Crippen molar-refractivity contribution in [2.45, 2.75) is 38.1 Å². The Morgan fingerprint density at radius 2 is 1.84 bits per heavy atom. The van der Waals surface area contributed by atoms with Crippen LogP contribution in [-0.2, 0) is 22.1 Å². The maximum Gasteiger partial charge on any atom is 0.416 e. The number of rotatable bonds is 3. The molecule has 4 rings (SSSR count). The number of fused-ring (bicyclic) bond motifs is 2. The van der Waals surface area contributed by atoms with Crippen LogP contribution in [0.25, 0.3) is 17.0 Å². The molecular formula is C24H19F3O5. The number of hydrogen-bond donors (Lipinski definition) is 0. The van der Waals surface area contributed by atoms with Crippen LogP contribution in [0.5, 0.6) is 5.75 Å². The highest BCUT2D eigenvalue weighted by atomic mass is 19.4. The van der Waals surface area contributed by atoms with E-state index in [1.165, 1.54) is 30.4 Å². The maximum absolute atomic E-state index is 12.7. The summed E-state index contributed by atoms with van der Waals surface area (Å²) in [4.78, 5) is 23.8. The van der Waals surface area contributed by atoms with Crippen LogP contribution >= 0.6 is 0 Å². The summed E-state index contributed by atoms with van der Waals surface area (Å²) in [5.41, 5.74) is -0.430. The van der Waals surface area contributed by atoms with Crippen molar-refractivity contribution in [3.8, 4) is 5.75 Å². The number of hydrogen-bond acceptors (Lipinski definition) is 5. The Bertz CT molecular complexity index is 1250. The molecule has 0 N–H and O–H groups in total. The van der Waals surface area contributed by atoms with Gasteiger partial charge in [-0.1, -0.05) is 12.1 Å². The smallest absolute Gasteiger partial charge is 0.416 e. The summed E-state index contributed by atoms with van der Waals surface area (Å²) in [6, 6.07) is 10.9. The standard InChI is InChI=1S/C24H19F3O5/c1-23(2)20(12-16-11-15-6-10-21(28)30-18(15)13-19(16)32-23)31-22(29)9-5-14-3-7-17(8-4-14)24(25,26)27/h3-11,13,20H,12H2,1-2H3/b9-5+/t20-/m0/s1. The summed E-state index contributed by atoms with van der Waals surface area (Å²) in [5.74, 6) is -0.0914. The summed E-state index contributed by atoms with van der Waals surface area (Å²) in [7, 11) is 0. The second-order valence-electron chi connectivity index (χ2n) is 8.04. The normalized spacial score (nSPS) is 17.7. The van der Waals surface area contributed by atoms with Gasteiger partial charge in [-0.15, -0.1) is 0 Å². The van der Waals surface area contributed by atoms with Crippen LogP contribution in [0.1, 0.15) is 30.5 Å². The molecule has 2 heterocycles. The van der Waals surface area contributed by atoms with E-state index in [0.29, 0.717) is 23.3 Å². The Morgan fingerprint density at radius 1 is 1.12 bits per heavy atom. The van der Waals surface area contributed by atoms with Crippen molar-refractivity contribution in [3.63, 3.8) is 0 Å². The molecule has 0 unspecified atom stereocenters. The first kappa shape index (κ1) is 21.7. The van der Waals surface area contributed by atoms with Gasteiger partial charge in [0, 0.05) is 30.0 Å². The summed E-state index contributed by atoms with van der Waals surface area (Å²) >= 11 is 0. The second-order valence-corrected chi connectivity index (χ2v) is 8.04. The molecule has 1 aliphatic heterocycles. The molecule has 0 spiro atoms. The predicted molar refractivity (Wildman–Crippen MR) is 111 cm³/mol. The van der Waals surface area contributed by atoms with Crippen molar-refractivity contribution in [1.29, 1.82) is 0 Å². The summed E-state index contributed by atoms with van der Waals surface area (Å²) < 4.78 is 54.8. The Hall–Kier alpha value is -3.55. The summed E-state index contributed by atoms with van der Waals surface area (Å²) in [5, 5.41) is 0.721. The molecule has 1 aliphatic rings. The third kappa shape index (κ3) is 4.54. The Balaban J connectivity index is 1.49. The fraction of sp³-hybridized carbons (Fsp3) is 0.250. The molecule has 8 heteroatoms. The second kappa shape index (κ2) is 7.85. The third-order valence-corrected chi connectivity index (χ3v) is 5.26. The molecule has 166 valence electrons. The van der Waals surface area contributed by atoms with Crippen LogP contribution in [0.15, 0.2) is 63.8 Å². The van der Waals surface area contributed by atoms with Gasteiger partial charge in [-0.3, -0.25) is 0 Å². The van der Waals surface area contributed by atoms with Crippen molar-refractivity contribution in [2.24, 2.45) is 0 Å². The first-order chi connectivity index (χ1) is 15.0. The van der Waals surface area contributed by atoms with Crippen molar-refractivity contribution in [3.05, 3.63) is 81.7 Å². The van der Waals surface area contributed by atoms with Gasteiger partial charge < -0.3 is 13.9 Å². The van der Waals surface area contributed by atoms with E-state index in [2.05, 4.69) is 0 Å². The van der Waals surface area contributed by atoms with E-state index in [9.17, 15) is 22.8 Å². The van der Waals surface area contributed by atoms with Crippen molar-refractivity contribution >= 4 is 23.0 Å². The molecule has 0 amide bonds. The van der Waals surface area contributed by atoms with Gasteiger partial charge in [0.1, 0.15) is 23.0 Å². The van der Waals surface area contributed by atoms with E-state index in [1.54, 1.807) is 26.0 Å². The molecule has 2 aromatic carbocycles. The van der Waals surface area contributed by atoms with Gasteiger partial charge in [0.2, 0.25) is 0 Å².